The molecular weight excluding hydrogens is 516 g/mol. The van der Waals surface area contributed by atoms with E-state index >= 15 is 0 Å². The first kappa shape index (κ1) is 30.7. The number of hydrogen-bond acceptors (Lipinski definition) is 4. The molecule has 2 saturated carbocycles. The van der Waals surface area contributed by atoms with Gasteiger partial charge in [-0.15, -0.1) is 0 Å². The lowest BCUT2D eigenvalue weighted by molar-refractivity contribution is 0.0264. The SMILES string of the molecule is CN(C)C[C@@]1(c2ccc3ccccc3c2)CCCC[C@@H]1O.CN(C)C[C@]1(c2ccc3ccccc3c2)CCCC[C@H]1O. The molecule has 0 saturated heterocycles. The third-order valence-corrected chi connectivity index (χ3v) is 9.82. The molecule has 4 aromatic carbocycles. The fourth-order valence-electron chi connectivity index (χ4n) is 7.79. The number of benzene rings is 4. The predicted octanol–water partition coefficient (Wildman–Crippen LogP) is 7.15. The molecule has 4 nitrogen and oxygen atoms in total. The van der Waals surface area contributed by atoms with Gasteiger partial charge in [-0.25, -0.2) is 0 Å². The van der Waals surface area contributed by atoms with E-state index in [9.17, 15) is 10.2 Å². The molecular formula is C38H50N2O2. The van der Waals surface area contributed by atoms with E-state index in [1.54, 1.807) is 0 Å². The van der Waals surface area contributed by atoms with Gasteiger partial charge >= 0.3 is 0 Å². The van der Waals surface area contributed by atoms with Crippen molar-refractivity contribution in [2.75, 3.05) is 41.3 Å². The Morgan fingerprint density at radius 1 is 0.548 bits per heavy atom. The van der Waals surface area contributed by atoms with Crippen LogP contribution in [0.15, 0.2) is 84.9 Å². The molecule has 2 N–H and O–H groups in total. The maximum absolute atomic E-state index is 10.8. The number of rotatable bonds is 6. The van der Waals surface area contributed by atoms with E-state index < -0.39 is 0 Å². The van der Waals surface area contributed by atoms with Crippen molar-refractivity contribution < 1.29 is 10.2 Å². The Bertz CT molecular complexity index is 1350. The Morgan fingerprint density at radius 3 is 1.29 bits per heavy atom. The van der Waals surface area contributed by atoms with Crippen LogP contribution in [-0.2, 0) is 10.8 Å². The minimum atomic E-state index is -0.241. The van der Waals surface area contributed by atoms with Gasteiger partial charge in [-0.2, -0.15) is 0 Å². The molecule has 6 rings (SSSR count). The second-order valence-corrected chi connectivity index (χ2v) is 13.4. The lowest BCUT2D eigenvalue weighted by Gasteiger charge is -2.44. The van der Waals surface area contributed by atoms with E-state index in [2.05, 4.69) is 123 Å². The fraction of sp³-hybridized carbons (Fsp3) is 0.474. The maximum atomic E-state index is 10.8. The molecule has 2 fully saturated rings. The molecule has 0 spiro atoms. The average molecular weight is 567 g/mol. The average Bonchev–Trinajstić information content (AvgIpc) is 2.99. The molecule has 0 amide bonds. The van der Waals surface area contributed by atoms with Crippen molar-refractivity contribution in [2.45, 2.75) is 74.4 Å². The summed E-state index contributed by atoms with van der Waals surface area (Å²) in [7, 11) is 8.41. The number of nitrogens with zero attached hydrogens (tertiary/aromatic N) is 2. The summed E-state index contributed by atoms with van der Waals surface area (Å²) in [5.74, 6) is 0. The zero-order chi connectivity index (χ0) is 29.7. The summed E-state index contributed by atoms with van der Waals surface area (Å²) < 4.78 is 0. The second-order valence-electron chi connectivity index (χ2n) is 13.4. The minimum absolute atomic E-state index is 0.119. The summed E-state index contributed by atoms with van der Waals surface area (Å²) in [6.45, 7) is 1.82. The van der Waals surface area contributed by atoms with Crippen molar-refractivity contribution in [3.05, 3.63) is 96.1 Å². The van der Waals surface area contributed by atoms with Crippen molar-refractivity contribution in [1.29, 1.82) is 0 Å². The Hall–Kier alpha value is -2.76. The molecule has 0 unspecified atom stereocenters. The zero-order valence-corrected chi connectivity index (χ0v) is 26.1. The highest BCUT2D eigenvalue weighted by molar-refractivity contribution is 5.84. The van der Waals surface area contributed by atoms with Crippen LogP contribution in [-0.4, -0.2) is 73.5 Å². The highest BCUT2D eigenvalue weighted by atomic mass is 16.3. The first-order valence-electron chi connectivity index (χ1n) is 15.9. The first-order valence-corrected chi connectivity index (χ1v) is 15.9. The van der Waals surface area contributed by atoms with Gasteiger partial charge in [0.1, 0.15) is 0 Å². The lowest BCUT2D eigenvalue weighted by Crippen LogP contribution is -2.49. The Morgan fingerprint density at radius 2 is 0.929 bits per heavy atom. The first-order chi connectivity index (χ1) is 20.2. The van der Waals surface area contributed by atoms with E-state index in [1.165, 1.54) is 45.5 Å². The van der Waals surface area contributed by atoms with Crippen molar-refractivity contribution in [3.63, 3.8) is 0 Å². The van der Waals surface area contributed by atoms with Crippen molar-refractivity contribution in [2.24, 2.45) is 0 Å². The molecule has 0 bridgehead atoms. The third kappa shape index (κ3) is 6.43. The van der Waals surface area contributed by atoms with E-state index in [4.69, 9.17) is 0 Å². The zero-order valence-electron chi connectivity index (χ0n) is 26.1. The Kier molecular flexibility index (Phi) is 9.69. The molecule has 0 radical (unpaired) electrons. The van der Waals surface area contributed by atoms with Crippen LogP contribution in [0.3, 0.4) is 0 Å². The molecule has 42 heavy (non-hydrogen) atoms. The van der Waals surface area contributed by atoms with Crippen LogP contribution in [0.25, 0.3) is 21.5 Å². The summed E-state index contributed by atoms with van der Waals surface area (Å²) in [6, 6.07) is 30.4. The molecule has 0 aromatic heterocycles. The Labute approximate surface area is 253 Å². The second kappa shape index (κ2) is 13.3. The normalized spacial score (nSPS) is 26.4. The highest BCUT2D eigenvalue weighted by Crippen LogP contribution is 2.42. The van der Waals surface area contributed by atoms with Gasteiger partial charge in [0.2, 0.25) is 0 Å². The van der Waals surface area contributed by atoms with Gasteiger partial charge in [-0.05, 0) is 86.5 Å². The summed E-state index contributed by atoms with van der Waals surface area (Å²) in [4.78, 5) is 4.42. The molecule has 2 aliphatic rings. The van der Waals surface area contributed by atoms with E-state index in [0.29, 0.717) is 0 Å². The third-order valence-electron chi connectivity index (χ3n) is 9.82. The van der Waals surface area contributed by atoms with Gasteiger partial charge in [0.15, 0.2) is 0 Å². The standard InChI is InChI=1S/2C19H25NO/c2*1-20(2)14-19(12-6-5-9-18(19)21)17-11-10-15-7-3-4-8-16(15)13-17/h2*3-4,7-8,10-11,13,18,21H,5-6,9,12,14H2,1-2H3/t2*18-,19+/m10/s1. The summed E-state index contributed by atoms with van der Waals surface area (Å²) in [5, 5.41) is 26.6. The molecule has 4 atom stereocenters. The predicted molar refractivity (Wildman–Crippen MR) is 177 cm³/mol. The lowest BCUT2D eigenvalue weighted by atomic mass is 9.67. The van der Waals surface area contributed by atoms with Crippen LogP contribution < -0.4 is 0 Å². The summed E-state index contributed by atoms with van der Waals surface area (Å²) in [5.41, 5.74) is 2.35. The summed E-state index contributed by atoms with van der Waals surface area (Å²) in [6.07, 6.45) is 8.20. The quantitative estimate of drug-likeness (QED) is 0.260. The van der Waals surface area contributed by atoms with Gasteiger partial charge in [0, 0.05) is 23.9 Å². The number of likely N-dealkylation sites (N-methyl/N-ethyl adjacent to an activating group) is 2. The number of hydrogen-bond donors (Lipinski definition) is 2. The topological polar surface area (TPSA) is 46.9 Å². The molecule has 224 valence electrons. The fourth-order valence-corrected chi connectivity index (χ4v) is 7.79. The molecule has 4 aromatic rings. The maximum Gasteiger partial charge on any atom is 0.0649 e. The van der Waals surface area contributed by atoms with E-state index in [-0.39, 0.29) is 23.0 Å². The molecule has 2 aliphatic carbocycles. The van der Waals surface area contributed by atoms with Gasteiger partial charge < -0.3 is 20.0 Å². The molecule has 0 heterocycles. The van der Waals surface area contributed by atoms with Crippen molar-refractivity contribution in [1.82, 2.24) is 9.80 Å². The Balaban J connectivity index is 0.000000168. The van der Waals surface area contributed by atoms with Crippen molar-refractivity contribution in [3.8, 4) is 0 Å². The van der Waals surface area contributed by atoms with Crippen LogP contribution in [0.2, 0.25) is 0 Å². The highest BCUT2D eigenvalue weighted by Gasteiger charge is 2.43. The van der Waals surface area contributed by atoms with Crippen LogP contribution in [0.4, 0.5) is 0 Å². The van der Waals surface area contributed by atoms with E-state index in [1.807, 2.05) is 0 Å². The largest absolute Gasteiger partial charge is 0.392 e. The molecule has 4 heteroatoms. The van der Waals surface area contributed by atoms with Crippen LogP contribution >= 0.6 is 0 Å². The number of fused-ring (bicyclic) bond motifs is 2. The summed E-state index contributed by atoms with van der Waals surface area (Å²) >= 11 is 0. The van der Waals surface area contributed by atoms with Crippen LogP contribution in [0.5, 0.6) is 0 Å². The van der Waals surface area contributed by atoms with Crippen molar-refractivity contribution >= 4 is 21.5 Å². The van der Waals surface area contributed by atoms with Gasteiger partial charge in [0.05, 0.1) is 12.2 Å². The van der Waals surface area contributed by atoms with Crippen LogP contribution in [0, 0.1) is 0 Å². The van der Waals surface area contributed by atoms with Gasteiger partial charge in [-0.1, -0.05) is 111 Å². The minimum Gasteiger partial charge on any atom is -0.392 e. The smallest absolute Gasteiger partial charge is 0.0649 e. The van der Waals surface area contributed by atoms with E-state index in [0.717, 1.165) is 51.6 Å². The monoisotopic (exact) mass is 566 g/mol. The number of aliphatic hydroxyl groups excluding tert-OH is 2. The number of aliphatic hydroxyl groups is 2. The van der Waals surface area contributed by atoms with Crippen LogP contribution in [0.1, 0.15) is 62.5 Å². The van der Waals surface area contributed by atoms with Gasteiger partial charge in [-0.3, -0.25) is 0 Å². The molecule has 0 aliphatic heterocycles. The van der Waals surface area contributed by atoms with Gasteiger partial charge in [0.25, 0.3) is 0 Å².